The van der Waals surface area contributed by atoms with Crippen LogP contribution in [0.25, 0.3) is 0 Å². The van der Waals surface area contributed by atoms with Crippen molar-refractivity contribution in [2.75, 3.05) is 6.61 Å². The standard InChI is InChI=1S/C15H25BrN2O/c1-5-19-15(8-6-7-14(3,4)10-15)11-18-12(2)13(16)9-17-18/h9H,5-8,10-11H2,1-4H3. The molecule has 0 spiro atoms. The molecule has 0 radical (unpaired) electrons. The molecule has 1 aliphatic carbocycles. The van der Waals surface area contributed by atoms with Gasteiger partial charge >= 0.3 is 0 Å². The molecule has 4 heteroatoms. The molecule has 0 aromatic carbocycles. The molecule has 0 saturated heterocycles. The molecule has 1 aromatic heterocycles. The van der Waals surface area contributed by atoms with Gasteiger partial charge in [-0.1, -0.05) is 13.8 Å². The number of rotatable bonds is 4. The Morgan fingerprint density at radius 2 is 2.16 bits per heavy atom. The first-order valence-electron chi connectivity index (χ1n) is 7.19. The van der Waals surface area contributed by atoms with E-state index < -0.39 is 0 Å². The van der Waals surface area contributed by atoms with Gasteiger partial charge in [-0.05, 0) is 60.9 Å². The minimum absolute atomic E-state index is 0.0489. The van der Waals surface area contributed by atoms with Gasteiger partial charge < -0.3 is 4.74 Å². The van der Waals surface area contributed by atoms with E-state index in [2.05, 4.69) is 53.4 Å². The second-order valence-electron chi connectivity index (χ2n) is 6.55. The first-order valence-corrected chi connectivity index (χ1v) is 7.99. The van der Waals surface area contributed by atoms with Crippen molar-refractivity contribution in [3.8, 4) is 0 Å². The van der Waals surface area contributed by atoms with Gasteiger partial charge in [0.25, 0.3) is 0 Å². The minimum atomic E-state index is -0.0489. The van der Waals surface area contributed by atoms with Crippen LogP contribution in [0.1, 0.15) is 52.1 Å². The van der Waals surface area contributed by atoms with E-state index in [4.69, 9.17) is 4.74 Å². The topological polar surface area (TPSA) is 27.1 Å². The molecule has 0 bridgehead atoms. The van der Waals surface area contributed by atoms with Crippen LogP contribution in [0.5, 0.6) is 0 Å². The maximum atomic E-state index is 6.20. The first kappa shape index (κ1) is 15.0. The van der Waals surface area contributed by atoms with Crippen LogP contribution in [0.2, 0.25) is 0 Å². The van der Waals surface area contributed by atoms with Gasteiger partial charge in [0.2, 0.25) is 0 Å². The van der Waals surface area contributed by atoms with Crippen LogP contribution in [0.15, 0.2) is 10.7 Å². The summed E-state index contributed by atoms with van der Waals surface area (Å²) < 4.78 is 9.36. The average Bonchev–Trinajstić information content (AvgIpc) is 2.60. The van der Waals surface area contributed by atoms with Gasteiger partial charge in [-0.15, -0.1) is 0 Å². The van der Waals surface area contributed by atoms with Gasteiger partial charge in [-0.25, -0.2) is 0 Å². The molecule has 1 fully saturated rings. The van der Waals surface area contributed by atoms with Crippen molar-refractivity contribution in [2.45, 2.75) is 65.5 Å². The van der Waals surface area contributed by atoms with E-state index in [-0.39, 0.29) is 5.60 Å². The van der Waals surface area contributed by atoms with Crippen molar-refractivity contribution in [2.24, 2.45) is 5.41 Å². The highest BCUT2D eigenvalue weighted by atomic mass is 79.9. The van der Waals surface area contributed by atoms with Crippen LogP contribution in [0.3, 0.4) is 0 Å². The van der Waals surface area contributed by atoms with Crippen molar-refractivity contribution in [3.05, 3.63) is 16.4 Å². The van der Waals surface area contributed by atoms with Crippen LogP contribution >= 0.6 is 15.9 Å². The zero-order chi connectivity index (χ0) is 14.1. The van der Waals surface area contributed by atoms with Gasteiger partial charge in [0.1, 0.15) is 0 Å². The zero-order valence-corrected chi connectivity index (χ0v) is 14.1. The fourth-order valence-corrected chi connectivity index (χ4v) is 3.70. The number of nitrogens with zero attached hydrogens (tertiary/aromatic N) is 2. The van der Waals surface area contributed by atoms with E-state index in [0.29, 0.717) is 5.41 Å². The summed E-state index contributed by atoms with van der Waals surface area (Å²) in [5.74, 6) is 0. The van der Waals surface area contributed by atoms with E-state index in [9.17, 15) is 0 Å². The molecule has 0 amide bonds. The Balaban J connectivity index is 2.22. The molecule has 1 saturated carbocycles. The number of hydrogen-bond acceptors (Lipinski definition) is 2. The highest BCUT2D eigenvalue weighted by Crippen LogP contribution is 2.44. The number of hydrogen-bond donors (Lipinski definition) is 0. The van der Waals surface area contributed by atoms with Crippen LogP contribution in [0.4, 0.5) is 0 Å². The Morgan fingerprint density at radius 1 is 1.42 bits per heavy atom. The molecule has 2 rings (SSSR count). The summed E-state index contributed by atoms with van der Waals surface area (Å²) >= 11 is 3.54. The normalized spacial score (nSPS) is 26.6. The van der Waals surface area contributed by atoms with E-state index in [1.54, 1.807) is 0 Å². The van der Waals surface area contributed by atoms with Crippen LogP contribution in [-0.4, -0.2) is 22.0 Å². The SMILES string of the molecule is CCOC1(Cn2ncc(Br)c2C)CCCC(C)(C)C1. The Hall–Kier alpha value is -0.350. The molecule has 1 atom stereocenters. The maximum Gasteiger partial charge on any atom is 0.0882 e. The third-order valence-corrected chi connectivity index (χ3v) is 5.00. The lowest BCUT2D eigenvalue weighted by molar-refractivity contribution is -0.105. The van der Waals surface area contributed by atoms with Gasteiger partial charge in [-0.3, -0.25) is 4.68 Å². The van der Waals surface area contributed by atoms with Gasteiger partial charge in [0.05, 0.1) is 22.8 Å². The molecule has 1 heterocycles. The van der Waals surface area contributed by atoms with E-state index in [1.165, 1.54) is 18.5 Å². The predicted molar refractivity (Wildman–Crippen MR) is 81.3 cm³/mol. The predicted octanol–water partition coefficient (Wildman–Crippen LogP) is 4.33. The minimum Gasteiger partial charge on any atom is -0.373 e. The third kappa shape index (κ3) is 3.40. The summed E-state index contributed by atoms with van der Waals surface area (Å²) in [6.07, 6.45) is 6.67. The Bertz CT molecular complexity index is 437. The van der Waals surface area contributed by atoms with Crippen LogP contribution in [-0.2, 0) is 11.3 Å². The fourth-order valence-electron chi connectivity index (χ4n) is 3.40. The number of ether oxygens (including phenoxy) is 1. The lowest BCUT2D eigenvalue weighted by Crippen LogP contribution is -2.45. The Labute approximate surface area is 124 Å². The average molecular weight is 329 g/mol. The summed E-state index contributed by atoms with van der Waals surface area (Å²) in [7, 11) is 0. The molecule has 19 heavy (non-hydrogen) atoms. The van der Waals surface area contributed by atoms with E-state index in [0.717, 1.165) is 30.5 Å². The molecule has 108 valence electrons. The molecule has 0 N–H and O–H groups in total. The molecule has 1 aromatic rings. The lowest BCUT2D eigenvalue weighted by Gasteiger charge is -2.44. The molecular formula is C15H25BrN2O. The molecule has 1 unspecified atom stereocenters. The summed E-state index contributed by atoms with van der Waals surface area (Å²) in [5.41, 5.74) is 1.50. The van der Waals surface area contributed by atoms with Crippen LogP contribution in [0, 0.1) is 12.3 Å². The van der Waals surface area contributed by atoms with Crippen molar-refractivity contribution < 1.29 is 4.74 Å². The van der Waals surface area contributed by atoms with Crippen molar-refractivity contribution in [1.29, 1.82) is 0 Å². The monoisotopic (exact) mass is 328 g/mol. The van der Waals surface area contributed by atoms with E-state index >= 15 is 0 Å². The summed E-state index contributed by atoms with van der Waals surface area (Å²) in [4.78, 5) is 0. The van der Waals surface area contributed by atoms with Gasteiger partial charge in [0, 0.05) is 12.3 Å². The Kier molecular flexibility index (Phi) is 4.41. The van der Waals surface area contributed by atoms with Crippen molar-refractivity contribution in [1.82, 2.24) is 9.78 Å². The molecule has 3 nitrogen and oxygen atoms in total. The lowest BCUT2D eigenvalue weighted by atomic mass is 9.69. The summed E-state index contributed by atoms with van der Waals surface area (Å²) in [6.45, 7) is 10.5. The summed E-state index contributed by atoms with van der Waals surface area (Å²) in [6, 6.07) is 0. The van der Waals surface area contributed by atoms with E-state index in [1.807, 2.05) is 6.20 Å². The number of halogens is 1. The third-order valence-electron chi connectivity index (χ3n) is 4.22. The van der Waals surface area contributed by atoms with Crippen LogP contribution < -0.4 is 0 Å². The molecule has 1 aliphatic rings. The first-order chi connectivity index (χ1) is 8.87. The molecular weight excluding hydrogens is 304 g/mol. The second kappa shape index (κ2) is 5.57. The van der Waals surface area contributed by atoms with Crippen molar-refractivity contribution >= 4 is 15.9 Å². The maximum absolute atomic E-state index is 6.20. The second-order valence-corrected chi connectivity index (χ2v) is 7.40. The summed E-state index contributed by atoms with van der Waals surface area (Å²) in [5, 5.41) is 4.47. The van der Waals surface area contributed by atoms with Gasteiger partial charge in [-0.2, -0.15) is 5.10 Å². The number of aromatic nitrogens is 2. The zero-order valence-electron chi connectivity index (χ0n) is 12.5. The largest absolute Gasteiger partial charge is 0.373 e. The molecule has 0 aliphatic heterocycles. The fraction of sp³-hybridized carbons (Fsp3) is 0.800. The Morgan fingerprint density at radius 3 is 2.68 bits per heavy atom. The highest BCUT2D eigenvalue weighted by Gasteiger charge is 2.41. The smallest absolute Gasteiger partial charge is 0.0882 e. The quantitative estimate of drug-likeness (QED) is 0.822. The highest BCUT2D eigenvalue weighted by molar-refractivity contribution is 9.10. The van der Waals surface area contributed by atoms with Gasteiger partial charge in [0.15, 0.2) is 0 Å². The van der Waals surface area contributed by atoms with Crippen molar-refractivity contribution in [3.63, 3.8) is 0 Å².